The molecular weight excluding hydrogens is 410 g/mol. The molecule has 32 heavy (non-hydrogen) atoms. The van der Waals surface area contributed by atoms with E-state index in [0.717, 1.165) is 25.7 Å². The van der Waals surface area contributed by atoms with E-state index in [0.29, 0.717) is 25.9 Å². The molecule has 3 rings (SSSR count). The van der Waals surface area contributed by atoms with Crippen molar-refractivity contribution in [3.05, 3.63) is 0 Å². The van der Waals surface area contributed by atoms with Gasteiger partial charge in [-0.3, -0.25) is 14.4 Å². The highest BCUT2D eigenvalue weighted by atomic mass is 16.5. The van der Waals surface area contributed by atoms with Crippen molar-refractivity contribution >= 4 is 17.7 Å². The molecule has 182 valence electrons. The number of amides is 3. The van der Waals surface area contributed by atoms with E-state index >= 15 is 0 Å². The van der Waals surface area contributed by atoms with Gasteiger partial charge in [0.1, 0.15) is 11.6 Å². The molecule has 2 bridgehead atoms. The lowest BCUT2D eigenvalue weighted by atomic mass is 9.66. The van der Waals surface area contributed by atoms with Crippen molar-refractivity contribution in [2.45, 2.75) is 96.4 Å². The Morgan fingerprint density at radius 1 is 1.16 bits per heavy atom. The van der Waals surface area contributed by atoms with Gasteiger partial charge < -0.3 is 25.4 Å². The molecule has 3 amide bonds. The van der Waals surface area contributed by atoms with E-state index < -0.39 is 35.1 Å². The molecule has 7 atom stereocenters. The highest BCUT2D eigenvalue weighted by Crippen LogP contribution is 2.63. The number of aliphatic hydroxyl groups is 1. The monoisotopic (exact) mass is 451 g/mol. The molecule has 0 aromatic rings. The average Bonchev–Trinajstić information content (AvgIpc) is 3.33. The first-order valence-electron chi connectivity index (χ1n) is 12.4. The second kappa shape index (κ2) is 9.67. The van der Waals surface area contributed by atoms with Crippen LogP contribution in [0.25, 0.3) is 0 Å². The zero-order valence-corrected chi connectivity index (χ0v) is 20.3. The summed E-state index contributed by atoms with van der Waals surface area (Å²) in [5.74, 6) is -1.99. The Labute approximate surface area is 191 Å². The van der Waals surface area contributed by atoms with Crippen molar-refractivity contribution in [1.82, 2.24) is 15.5 Å². The summed E-state index contributed by atoms with van der Waals surface area (Å²) in [5.41, 5.74) is -1.80. The molecule has 3 aliphatic rings. The first-order chi connectivity index (χ1) is 15.2. The molecule has 3 heterocycles. The molecule has 0 aliphatic carbocycles. The van der Waals surface area contributed by atoms with Gasteiger partial charge in [-0.2, -0.15) is 0 Å². The largest absolute Gasteiger partial charge is 0.394 e. The number of hydrogen-bond acceptors (Lipinski definition) is 5. The third kappa shape index (κ3) is 3.83. The van der Waals surface area contributed by atoms with E-state index in [9.17, 15) is 19.5 Å². The van der Waals surface area contributed by atoms with Gasteiger partial charge in [-0.15, -0.1) is 0 Å². The molecule has 0 aromatic carbocycles. The SMILES string of the molecule is CCCCNC(=O)C1N([C@@H](CO)[C@@H](C)CC)C(=O)[C@@H]2[C@@H](C(=O)NCCC)[C@@]3(C)CCC12O3. The van der Waals surface area contributed by atoms with Crippen molar-refractivity contribution < 1.29 is 24.2 Å². The average molecular weight is 452 g/mol. The molecule has 3 saturated heterocycles. The zero-order valence-electron chi connectivity index (χ0n) is 20.3. The molecule has 3 N–H and O–H groups in total. The van der Waals surface area contributed by atoms with Gasteiger partial charge in [-0.25, -0.2) is 0 Å². The minimum absolute atomic E-state index is 0.00488. The topological polar surface area (TPSA) is 108 Å². The molecule has 3 fully saturated rings. The lowest BCUT2D eigenvalue weighted by Gasteiger charge is -2.39. The van der Waals surface area contributed by atoms with Crippen molar-refractivity contribution in [2.75, 3.05) is 19.7 Å². The Hall–Kier alpha value is -1.67. The van der Waals surface area contributed by atoms with E-state index in [2.05, 4.69) is 17.6 Å². The van der Waals surface area contributed by atoms with Crippen molar-refractivity contribution in [3.8, 4) is 0 Å². The minimum Gasteiger partial charge on any atom is -0.394 e. The molecule has 2 unspecified atom stereocenters. The number of rotatable bonds is 11. The van der Waals surface area contributed by atoms with Crippen LogP contribution in [0.15, 0.2) is 0 Å². The smallest absolute Gasteiger partial charge is 0.245 e. The molecular formula is C24H41N3O5. The Morgan fingerprint density at radius 2 is 1.84 bits per heavy atom. The fourth-order valence-corrected chi connectivity index (χ4v) is 6.08. The number of hydrogen-bond donors (Lipinski definition) is 3. The molecule has 3 aliphatic heterocycles. The second-order valence-electron chi connectivity index (χ2n) is 10.0. The Bertz CT molecular complexity index is 730. The number of carbonyl (C=O) groups is 3. The predicted molar refractivity (Wildman–Crippen MR) is 121 cm³/mol. The molecule has 8 nitrogen and oxygen atoms in total. The van der Waals surface area contributed by atoms with Crippen LogP contribution in [0.5, 0.6) is 0 Å². The van der Waals surface area contributed by atoms with Crippen molar-refractivity contribution in [1.29, 1.82) is 0 Å². The van der Waals surface area contributed by atoms with Crippen LogP contribution in [-0.4, -0.2) is 70.7 Å². The van der Waals surface area contributed by atoms with Gasteiger partial charge in [-0.05, 0) is 38.5 Å². The number of likely N-dealkylation sites (tertiary alicyclic amines) is 1. The summed E-state index contributed by atoms with van der Waals surface area (Å²) in [7, 11) is 0. The van der Waals surface area contributed by atoms with Crippen LogP contribution >= 0.6 is 0 Å². The second-order valence-corrected chi connectivity index (χ2v) is 10.0. The lowest BCUT2D eigenvalue weighted by Crippen LogP contribution is -2.59. The van der Waals surface area contributed by atoms with Gasteiger partial charge in [0.25, 0.3) is 0 Å². The van der Waals surface area contributed by atoms with Crippen LogP contribution in [0.4, 0.5) is 0 Å². The number of aliphatic hydroxyl groups excluding tert-OH is 1. The Kier molecular flexibility index (Phi) is 7.55. The highest BCUT2D eigenvalue weighted by Gasteiger charge is 2.78. The number of nitrogens with zero attached hydrogens (tertiary/aromatic N) is 1. The minimum atomic E-state index is -1.03. The molecule has 1 spiro atoms. The number of fused-ring (bicyclic) bond motifs is 1. The fraction of sp³-hybridized carbons (Fsp3) is 0.875. The van der Waals surface area contributed by atoms with Crippen LogP contribution in [0.2, 0.25) is 0 Å². The third-order valence-corrected chi connectivity index (χ3v) is 7.97. The highest BCUT2D eigenvalue weighted by molar-refractivity contribution is 5.99. The van der Waals surface area contributed by atoms with Gasteiger partial charge >= 0.3 is 0 Å². The Balaban J connectivity index is 2.04. The Morgan fingerprint density at radius 3 is 2.44 bits per heavy atom. The fourth-order valence-electron chi connectivity index (χ4n) is 6.08. The van der Waals surface area contributed by atoms with Gasteiger partial charge in [0.2, 0.25) is 17.7 Å². The summed E-state index contributed by atoms with van der Waals surface area (Å²) in [6.07, 6.45) is 4.53. The van der Waals surface area contributed by atoms with Crippen LogP contribution in [0, 0.1) is 17.8 Å². The first-order valence-corrected chi connectivity index (χ1v) is 12.4. The van der Waals surface area contributed by atoms with Crippen LogP contribution in [0.3, 0.4) is 0 Å². The number of nitrogens with one attached hydrogen (secondary N) is 2. The van der Waals surface area contributed by atoms with Crippen LogP contribution < -0.4 is 10.6 Å². The number of unbranched alkanes of at least 4 members (excludes halogenated alkanes) is 1. The molecule has 0 radical (unpaired) electrons. The summed E-state index contributed by atoms with van der Waals surface area (Å²) in [5, 5.41) is 16.2. The van der Waals surface area contributed by atoms with E-state index in [1.165, 1.54) is 0 Å². The van der Waals surface area contributed by atoms with Gasteiger partial charge in [0.15, 0.2) is 0 Å². The third-order valence-electron chi connectivity index (χ3n) is 7.97. The first kappa shape index (κ1) is 25.0. The standard InChI is InChI=1S/C24H41N3O5/c1-6-9-13-26-21(30)19-24-11-10-23(5,32-24)17(20(29)25-12-7-2)18(24)22(31)27(19)16(14-28)15(4)8-3/h15-19,28H,6-14H2,1-5H3,(H,25,29)(H,26,30)/t15-,16-,17-,18-,19?,23+,24?/m0/s1. The summed E-state index contributed by atoms with van der Waals surface area (Å²) in [6, 6.07) is -1.34. The van der Waals surface area contributed by atoms with Gasteiger partial charge in [0.05, 0.1) is 30.1 Å². The molecule has 8 heteroatoms. The van der Waals surface area contributed by atoms with Crippen molar-refractivity contribution in [3.63, 3.8) is 0 Å². The quantitative estimate of drug-likeness (QED) is 0.414. The van der Waals surface area contributed by atoms with Gasteiger partial charge in [-0.1, -0.05) is 40.5 Å². The van der Waals surface area contributed by atoms with E-state index in [-0.39, 0.29) is 30.2 Å². The van der Waals surface area contributed by atoms with Crippen molar-refractivity contribution in [2.24, 2.45) is 17.8 Å². The predicted octanol–water partition coefficient (Wildman–Crippen LogP) is 1.60. The lowest BCUT2D eigenvalue weighted by molar-refractivity contribution is -0.151. The van der Waals surface area contributed by atoms with Crippen LogP contribution in [-0.2, 0) is 19.1 Å². The maximum absolute atomic E-state index is 13.9. The number of carbonyl (C=O) groups excluding carboxylic acids is 3. The maximum atomic E-state index is 13.9. The number of ether oxygens (including phenoxy) is 1. The summed E-state index contributed by atoms with van der Waals surface area (Å²) in [4.78, 5) is 42.2. The van der Waals surface area contributed by atoms with Gasteiger partial charge in [0, 0.05) is 13.1 Å². The normalized spacial score (nSPS) is 35.0. The molecule has 0 aromatic heterocycles. The maximum Gasteiger partial charge on any atom is 0.245 e. The van der Waals surface area contributed by atoms with E-state index in [1.54, 1.807) is 4.90 Å². The molecule has 0 saturated carbocycles. The summed E-state index contributed by atoms with van der Waals surface area (Å²) < 4.78 is 6.57. The zero-order chi connectivity index (χ0) is 23.7. The van der Waals surface area contributed by atoms with E-state index in [1.807, 2.05) is 27.7 Å². The van der Waals surface area contributed by atoms with E-state index in [4.69, 9.17) is 4.74 Å². The summed E-state index contributed by atoms with van der Waals surface area (Å²) >= 11 is 0. The van der Waals surface area contributed by atoms with Crippen LogP contribution in [0.1, 0.15) is 73.1 Å². The summed E-state index contributed by atoms with van der Waals surface area (Å²) in [6.45, 7) is 10.8.